The van der Waals surface area contributed by atoms with Crippen LogP contribution in [0.25, 0.3) is 0 Å². The number of aryl methyl sites for hydroxylation is 1. The highest BCUT2D eigenvalue weighted by molar-refractivity contribution is 14.1. The lowest BCUT2D eigenvalue weighted by Crippen LogP contribution is -2.19. The van der Waals surface area contributed by atoms with E-state index in [2.05, 4.69) is 39.2 Å². The van der Waals surface area contributed by atoms with Gasteiger partial charge in [0, 0.05) is 0 Å². The summed E-state index contributed by atoms with van der Waals surface area (Å²) in [5.74, 6) is 0.668. The Morgan fingerprint density at radius 3 is 2.59 bits per heavy atom. The Labute approximate surface area is 200 Å². The molecule has 5 nitrogen and oxygen atoms in total. The summed E-state index contributed by atoms with van der Waals surface area (Å²) < 4.78 is 25.7. The lowest BCUT2D eigenvalue weighted by Gasteiger charge is -2.15. The van der Waals surface area contributed by atoms with Gasteiger partial charge in [0.05, 0.1) is 22.8 Å². The molecule has 0 spiro atoms. The minimum atomic E-state index is -0.335. The highest BCUT2D eigenvalue weighted by Gasteiger charge is 2.12. The fourth-order valence-electron chi connectivity index (χ4n) is 3.03. The fraction of sp³-hybridized carbons (Fsp3) is 0.200. The lowest BCUT2D eigenvalue weighted by atomic mass is 10.1. The first kappa shape index (κ1) is 23.7. The molecule has 166 valence electrons. The molecule has 0 atom stereocenters. The minimum absolute atomic E-state index is 0.116. The van der Waals surface area contributed by atoms with Gasteiger partial charge in [0.1, 0.15) is 12.4 Å². The van der Waals surface area contributed by atoms with Crippen molar-refractivity contribution >= 4 is 34.7 Å². The first-order chi connectivity index (χ1) is 15.4. The van der Waals surface area contributed by atoms with Crippen molar-refractivity contribution in [2.45, 2.75) is 26.9 Å². The minimum Gasteiger partial charge on any atom is -0.490 e. The van der Waals surface area contributed by atoms with E-state index in [-0.39, 0.29) is 18.1 Å². The van der Waals surface area contributed by atoms with Crippen molar-refractivity contribution in [1.29, 1.82) is 0 Å². The summed E-state index contributed by atoms with van der Waals surface area (Å²) in [7, 11) is 0. The van der Waals surface area contributed by atoms with Gasteiger partial charge in [-0.1, -0.05) is 42.0 Å². The zero-order chi connectivity index (χ0) is 22.9. The van der Waals surface area contributed by atoms with Crippen molar-refractivity contribution in [1.82, 2.24) is 5.43 Å². The predicted molar refractivity (Wildman–Crippen MR) is 132 cm³/mol. The van der Waals surface area contributed by atoms with Crippen LogP contribution >= 0.6 is 22.6 Å². The van der Waals surface area contributed by atoms with E-state index in [0.717, 1.165) is 14.7 Å². The van der Waals surface area contributed by atoms with E-state index >= 15 is 0 Å². The molecular weight excluding hydrogens is 522 g/mol. The van der Waals surface area contributed by atoms with Crippen molar-refractivity contribution in [2.75, 3.05) is 6.61 Å². The number of rotatable bonds is 9. The molecule has 1 amide bonds. The van der Waals surface area contributed by atoms with Gasteiger partial charge in [-0.05, 0) is 77.4 Å². The van der Waals surface area contributed by atoms with Crippen molar-refractivity contribution in [3.63, 3.8) is 0 Å². The largest absolute Gasteiger partial charge is 0.490 e. The summed E-state index contributed by atoms with van der Waals surface area (Å²) >= 11 is 2.20. The maximum atomic E-state index is 13.0. The SMILES string of the molecule is CCOc1cc(/C=N/NC(=O)Cc2ccc(F)cc2)cc(I)c1OCc1cccc(C)c1. The summed E-state index contributed by atoms with van der Waals surface area (Å²) in [6.45, 7) is 4.88. The fourth-order valence-corrected chi connectivity index (χ4v) is 3.81. The Kier molecular flexibility index (Phi) is 8.61. The molecule has 0 saturated carbocycles. The number of halogens is 2. The van der Waals surface area contributed by atoms with Gasteiger partial charge >= 0.3 is 0 Å². The van der Waals surface area contributed by atoms with E-state index < -0.39 is 0 Å². The first-order valence-electron chi connectivity index (χ1n) is 10.2. The molecule has 0 radical (unpaired) electrons. The van der Waals surface area contributed by atoms with Crippen molar-refractivity contribution in [3.8, 4) is 11.5 Å². The molecule has 3 rings (SSSR count). The third-order valence-electron chi connectivity index (χ3n) is 4.48. The number of carbonyl (C=O) groups is 1. The van der Waals surface area contributed by atoms with Crippen LogP contribution in [0.3, 0.4) is 0 Å². The second-order valence-electron chi connectivity index (χ2n) is 7.14. The molecule has 0 aliphatic heterocycles. The second kappa shape index (κ2) is 11.6. The van der Waals surface area contributed by atoms with Crippen LogP contribution in [-0.4, -0.2) is 18.7 Å². The molecule has 0 aliphatic carbocycles. The monoisotopic (exact) mass is 546 g/mol. The van der Waals surface area contributed by atoms with Gasteiger partial charge in [0.2, 0.25) is 5.91 Å². The number of benzene rings is 3. The number of hydrogen-bond acceptors (Lipinski definition) is 4. The van der Waals surface area contributed by atoms with Crippen molar-refractivity contribution in [3.05, 3.63) is 92.3 Å². The van der Waals surface area contributed by atoms with Crippen LogP contribution in [0.4, 0.5) is 4.39 Å². The van der Waals surface area contributed by atoms with Crippen molar-refractivity contribution in [2.24, 2.45) is 5.10 Å². The number of hydrazone groups is 1. The molecule has 7 heteroatoms. The van der Waals surface area contributed by atoms with Crippen LogP contribution < -0.4 is 14.9 Å². The van der Waals surface area contributed by atoms with Crippen LogP contribution in [0, 0.1) is 16.3 Å². The number of nitrogens with zero attached hydrogens (tertiary/aromatic N) is 1. The number of ether oxygens (including phenoxy) is 2. The van der Waals surface area contributed by atoms with E-state index in [0.29, 0.717) is 30.3 Å². The molecule has 0 fully saturated rings. The van der Waals surface area contributed by atoms with Gasteiger partial charge in [-0.25, -0.2) is 9.82 Å². The number of carbonyl (C=O) groups excluding carboxylic acids is 1. The van der Waals surface area contributed by atoms with Gasteiger partial charge in [0.25, 0.3) is 0 Å². The average molecular weight is 546 g/mol. The van der Waals surface area contributed by atoms with Gasteiger partial charge in [-0.3, -0.25) is 4.79 Å². The Morgan fingerprint density at radius 1 is 1.09 bits per heavy atom. The smallest absolute Gasteiger partial charge is 0.244 e. The summed E-state index contributed by atoms with van der Waals surface area (Å²) in [5, 5.41) is 4.03. The molecule has 0 unspecified atom stereocenters. The van der Waals surface area contributed by atoms with Crippen LogP contribution in [0.1, 0.15) is 29.2 Å². The predicted octanol–water partition coefficient (Wildman–Crippen LogP) is 5.41. The number of amides is 1. The maximum absolute atomic E-state index is 13.0. The molecule has 0 aromatic heterocycles. The van der Waals surface area contributed by atoms with Gasteiger partial charge < -0.3 is 9.47 Å². The average Bonchev–Trinajstić information content (AvgIpc) is 2.75. The third-order valence-corrected chi connectivity index (χ3v) is 5.28. The molecule has 0 heterocycles. The highest BCUT2D eigenvalue weighted by Crippen LogP contribution is 2.34. The highest BCUT2D eigenvalue weighted by atomic mass is 127. The molecule has 3 aromatic carbocycles. The summed E-state index contributed by atoms with van der Waals surface area (Å²) in [4.78, 5) is 12.1. The van der Waals surface area contributed by atoms with Gasteiger partial charge in [-0.2, -0.15) is 5.10 Å². The van der Waals surface area contributed by atoms with E-state index in [1.807, 2.05) is 44.2 Å². The number of hydrogen-bond donors (Lipinski definition) is 1. The molecule has 0 bridgehead atoms. The maximum Gasteiger partial charge on any atom is 0.244 e. The van der Waals surface area contributed by atoms with E-state index in [1.165, 1.54) is 17.7 Å². The molecule has 0 aliphatic rings. The lowest BCUT2D eigenvalue weighted by molar-refractivity contribution is -0.120. The Morgan fingerprint density at radius 2 is 1.88 bits per heavy atom. The van der Waals surface area contributed by atoms with Crippen LogP contribution in [0.2, 0.25) is 0 Å². The first-order valence-corrected chi connectivity index (χ1v) is 11.2. The molecule has 3 aromatic rings. The molecule has 32 heavy (non-hydrogen) atoms. The summed E-state index contributed by atoms with van der Waals surface area (Å²) in [6.07, 6.45) is 1.67. The Balaban J connectivity index is 1.66. The van der Waals surface area contributed by atoms with Gasteiger partial charge in [0.15, 0.2) is 11.5 Å². The van der Waals surface area contributed by atoms with Crippen molar-refractivity contribution < 1.29 is 18.7 Å². The van der Waals surface area contributed by atoms with Crippen LogP contribution in [0.15, 0.2) is 65.8 Å². The van der Waals surface area contributed by atoms with E-state index in [1.54, 1.807) is 18.3 Å². The Bertz CT molecular complexity index is 1100. The topological polar surface area (TPSA) is 59.9 Å². The zero-order valence-electron chi connectivity index (χ0n) is 17.9. The normalized spacial score (nSPS) is 10.9. The summed E-state index contributed by atoms with van der Waals surface area (Å²) in [5.41, 5.74) is 6.23. The van der Waals surface area contributed by atoms with E-state index in [9.17, 15) is 9.18 Å². The molecule has 0 saturated heterocycles. The second-order valence-corrected chi connectivity index (χ2v) is 8.30. The van der Waals surface area contributed by atoms with Crippen LogP contribution in [-0.2, 0) is 17.8 Å². The molecule has 1 N–H and O–H groups in total. The van der Waals surface area contributed by atoms with Gasteiger partial charge in [-0.15, -0.1) is 0 Å². The molecular formula is C25H24FIN2O3. The Hall–Kier alpha value is -2.94. The zero-order valence-corrected chi connectivity index (χ0v) is 20.1. The number of nitrogens with one attached hydrogen (secondary N) is 1. The van der Waals surface area contributed by atoms with Crippen LogP contribution in [0.5, 0.6) is 11.5 Å². The summed E-state index contributed by atoms with van der Waals surface area (Å²) in [6, 6.07) is 17.7. The third kappa shape index (κ3) is 7.05. The van der Waals surface area contributed by atoms with E-state index in [4.69, 9.17) is 9.47 Å². The standard InChI is InChI=1S/C25H24FIN2O3/c1-3-31-23-13-20(15-28-29-24(30)14-18-7-9-21(26)10-8-18)12-22(27)25(23)32-16-19-6-4-5-17(2)11-19/h4-13,15H,3,14,16H2,1-2H3,(H,29,30)/b28-15+. The quantitative estimate of drug-likeness (QED) is 0.222.